The molecule has 0 aliphatic heterocycles. The Morgan fingerprint density at radius 3 is 2.45 bits per heavy atom. The van der Waals surface area contributed by atoms with Gasteiger partial charge in [0, 0.05) is 23.5 Å². The molecule has 2 aromatic carbocycles. The monoisotopic (exact) mass is 297 g/mol. The van der Waals surface area contributed by atoms with E-state index in [1.54, 1.807) is 29.2 Å². The highest BCUT2D eigenvalue weighted by molar-refractivity contribution is 5.96. The smallest absolute Gasteiger partial charge is 0.248 e. The summed E-state index contributed by atoms with van der Waals surface area (Å²) < 4.78 is 0. The predicted octanol–water partition coefficient (Wildman–Crippen LogP) is 2.25. The molecular formula is C17H19N3O2. The first-order chi connectivity index (χ1) is 10.6. The van der Waals surface area contributed by atoms with E-state index in [0.29, 0.717) is 17.8 Å². The summed E-state index contributed by atoms with van der Waals surface area (Å²) in [6.07, 6.45) is 0. The maximum absolute atomic E-state index is 12.3. The summed E-state index contributed by atoms with van der Waals surface area (Å²) in [6, 6.07) is 16.3. The van der Waals surface area contributed by atoms with Crippen molar-refractivity contribution in [1.82, 2.24) is 0 Å². The standard InChI is InChI=1S/C17H19N3O2/c1-2-20(15-9-4-3-5-10-15)16(21)12-19-14-8-6-7-13(11-14)17(18)22/h3-11,19H,2,12H2,1H3,(H2,18,22). The number of hydrogen-bond donors (Lipinski definition) is 2. The molecule has 2 amide bonds. The largest absolute Gasteiger partial charge is 0.376 e. The molecule has 0 unspecified atom stereocenters. The summed E-state index contributed by atoms with van der Waals surface area (Å²) in [4.78, 5) is 25.2. The molecule has 22 heavy (non-hydrogen) atoms. The van der Waals surface area contributed by atoms with E-state index in [4.69, 9.17) is 5.73 Å². The Labute approximate surface area is 129 Å². The lowest BCUT2D eigenvalue weighted by molar-refractivity contribution is -0.116. The van der Waals surface area contributed by atoms with E-state index >= 15 is 0 Å². The maximum atomic E-state index is 12.3. The molecule has 0 bridgehead atoms. The number of likely N-dealkylation sites (N-methyl/N-ethyl adjacent to an activating group) is 1. The molecule has 2 aromatic rings. The van der Waals surface area contributed by atoms with E-state index in [-0.39, 0.29) is 12.5 Å². The molecule has 0 aliphatic carbocycles. The number of rotatable bonds is 6. The quantitative estimate of drug-likeness (QED) is 0.858. The van der Waals surface area contributed by atoms with Crippen LogP contribution in [0.4, 0.5) is 11.4 Å². The van der Waals surface area contributed by atoms with Crippen molar-refractivity contribution in [2.45, 2.75) is 6.92 Å². The van der Waals surface area contributed by atoms with Crippen LogP contribution in [-0.4, -0.2) is 24.9 Å². The Bertz CT molecular complexity index is 656. The van der Waals surface area contributed by atoms with Gasteiger partial charge in [0.25, 0.3) is 0 Å². The van der Waals surface area contributed by atoms with Crippen molar-refractivity contribution in [2.24, 2.45) is 5.73 Å². The average molecular weight is 297 g/mol. The molecule has 5 nitrogen and oxygen atoms in total. The molecule has 2 rings (SSSR count). The highest BCUT2D eigenvalue weighted by Gasteiger charge is 2.13. The molecule has 114 valence electrons. The molecule has 5 heteroatoms. The number of benzene rings is 2. The highest BCUT2D eigenvalue weighted by Crippen LogP contribution is 2.14. The first-order valence-electron chi connectivity index (χ1n) is 7.11. The summed E-state index contributed by atoms with van der Waals surface area (Å²) in [7, 11) is 0. The van der Waals surface area contributed by atoms with Gasteiger partial charge < -0.3 is 16.0 Å². The molecule has 0 aromatic heterocycles. The van der Waals surface area contributed by atoms with Gasteiger partial charge in [0.1, 0.15) is 0 Å². The van der Waals surface area contributed by atoms with Gasteiger partial charge in [-0.05, 0) is 37.3 Å². The average Bonchev–Trinajstić information content (AvgIpc) is 2.55. The number of primary amides is 1. The fraction of sp³-hybridized carbons (Fsp3) is 0.176. The Balaban J connectivity index is 2.03. The van der Waals surface area contributed by atoms with Crippen LogP contribution in [0.3, 0.4) is 0 Å². The number of carbonyl (C=O) groups is 2. The fourth-order valence-electron chi connectivity index (χ4n) is 2.17. The maximum Gasteiger partial charge on any atom is 0.248 e. The van der Waals surface area contributed by atoms with Gasteiger partial charge in [-0.25, -0.2) is 0 Å². The van der Waals surface area contributed by atoms with E-state index in [2.05, 4.69) is 5.32 Å². The van der Waals surface area contributed by atoms with Gasteiger partial charge >= 0.3 is 0 Å². The van der Waals surface area contributed by atoms with Crippen molar-refractivity contribution in [2.75, 3.05) is 23.3 Å². The van der Waals surface area contributed by atoms with Crippen LogP contribution in [0, 0.1) is 0 Å². The zero-order valence-electron chi connectivity index (χ0n) is 12.5. The topological polar surface area (TPSA) is 75.4 Å². The van der Waals surface area contributed by atoms with E-state index in [1.165, 1.54) is 0 Å². The predicted molar refractivity (Wildman–Crippen MR) is 87.9 cm³/mol. The number of carbonyl (C=O) groups excluding carboxylic acids is 2. The van der Waals surface area contributed by atoms with Crippen molar-refractivity contribution in [3.05, 3.63) is 60.2 Å². The van der Waals surface area contributed by atoms with Crippen LogP contribution in [0.2, 0.25) is 0 Å². The van der Waals surface area contributed by atoms with Crippen LogP contribution < -0.4 is 16.0 Å². The van der Waals surface area contributed by atoms with Crippen molar-refractivity contribution in [3.8, 4) is 0 Å². The zero-order chi connectivity index (χ0) is 15.9. The van der Waals surface area contributed by atoms with Crippen molar-refractivity contribution < 1.29 is 9.59 Å². The van der Waals surface area contributed by atoms with Crippen LogP contribution in [0.25, 0.3) is 0 Å². The van der Waals surface area contributed by atoms with Crippen LogP contribution >= 0.6 is 0 Å². The molecule has 0 aliphatic rings. The Kier molecular flexibility index (Phi) is 5.14. The third kappa shape index (κ3) is 3.85. The van der Waals surface area contributed by atoms with E-state index in [0.717, 1.165) is 5.69 Å². The van der Waals surface area contributed by atoms with Crippen LogP contribution in [0.15, 0.2) is 54.6 Å². The molecule has 0 fully saturated rings. The molecule has 0 saturated carbocycles. The van der Waals surface area contributed by atoms with Crippen molar-refractivity contribution in [3.63, 3.8) is 0 Å². The van der Waals surface area contributed by atoms with E-state index < -0.39 is 5.91 Å². The normalized spacial score (nSPS) is 10.0. The van der Waals surface area contributed by atoms with Crippen molar-refractivity contribution >= 4 is 23.2 Å². The highest BCUT2D eigenvalue weighted by atomic mass is 16.2. The zero-order valence-corrected chi connectivity index (χ0v) is 12.5. The minimum atomic E-state index is -0.491. The minimum Gasteiger partial charge on any atom is -0.376 e. The molecule has 0 heterocycles. The Morgan fingerprint density at radius 2 is 1.82 bits per heavy atom. The second-order valence-corrected chi connectivity index (χ2v) is 4.77. The first kappa shape index (κ1) is 15.6. The first-order valence-corrected chi connectivity index (χ1v) is 7.11. The molecule has 0 radical (unpaired) electrons. The Hall–Kier alpha value is -2.82. The number of nitrogens with two attached hydrogens (primary N) is 1. The van der Waals surface area contributed by atoms with Gasteiger partial charge in [0.2, 0.25) is 11.8 Å². The Morgan fingerprint density at radius 1 is 1.09 bits per heavy atom. The molecule has 0 atom stereocenters. The lowest BCUT2D eigenvalue weighted by atomic mass is 10.2. The molecule has 0 spiro atoms. The summed E-state index contributed by atoms with van der Waals surface area (Å²) in [5.74, 6) is -0.535. The van der Waals surface area contributed by atoms with Crippen LogP contribution in [-0.2, 0) is 4.79 Å². The van der Waals surface area contributed by atoms with E-state index in [1.807, 2.05) is 37.3 Å². The molecule has 3 N–H and O–H groups in total. The minimum absolute atomic E-state index is 0.0434. The van der Waals surface area contributed by atoms with Gasteiger partial charge in [-0.1, -0.05) is 24.3 Å². The van der Waals surface area contributed by atoms with Gasteiger partial charge in [-0.3, -0.25) is 9.59 Å². The molecule has 0 saturated heterocycles. The number of para-hydroxylation sites is 1. The van der Waals surface area contributed by atoms with Gasteiger partial charge in [0.05, 0.1) is 6.54 Å². The number of nitrogens with one attached hydrogen (secondary N) is 1. The van der Waals surface area contributed by atoms with Gasteiger partial charge in [-0.15, -0.1) is 0 Å². The second kappa shape index (κ2) is 7.26. The van der Waals surface area contributed by atoms with E-state index in [9.17, 15) is 9.59 Å². The fourth-order valence-corrected chi connectivity index (χ4v) is 2.17. The van der Waals surface area contributed by atoms with Gasteiger partial charge in [0.15, 0.2) is 0 Å². The summed E-state index contributed by atoms with van der Waals surface area (Å²) in [6.45, 7) is 2.66. The van der Waals surface area contributed by atoms with Crippen LogP contribution in [0.1, 0.15) is 17.3 Å². The molecular weight excluding hydrogens is 278 g/mol. The third-order valence-electron chi connectivity index (χ3n) is 3.28. The lowest BCUT2D eigenvalue weighted by Crippen LogP contribution is -2.35. The second-order valence-electron chi connectivity index (χ2n) is 4.77. The van der Waals surface area contributed by atoms with Crippen LogP contribution in [0.5, 0.6) is 0 Å². The van der Waals surface area contributed by atoms with Gasteiger partial charge in [-0.2, -0.15) is 0 Å². The summed E-state index contributed by atoms with van der Waals surface area (Å²) in [5, 5.41) is 3.03. The van der Waals surface area contributed by atoms with Crippen molar-refractivity contribution in [1.29, 1.82) is 0 Å². The summed E-state index contributed by atoms with van der Waals surface area (Å²) >= 11 is 0. The third-order valence-corrected chi connectivity index (χ3v) is 3.28. The SMILES string of the molecule is CCN(C(=O)CNc1cccc(C(N)=O)c1)c1ccccc1. The number of anilines is 2. The summed E-state index contributed by atoms with van der Waals surface area (Å²) in [5.41, 5.74) is 7.20. The lowest BCUT2D eigenvalue weighted by Gasteiger charge is -2.21. The number of nitrogens with zero attached hydrogens (tertiary/aromatic N) is 1. The number of amides is 2. The number of hydrogen-bond acceptors (Lipinski definition) is 3.